The first kappa shape index (κ1) is 27.0. The predicted molar refractivity (Wildman–Crippen MR) is 158 cm³/mol. The van der Waals surface area contributed by atoms with Crippen LogP contribution >= 0.6 is 0 Å². The van der Waals surface area contributed by atoms with Crippen LogP contribution in [-0.2, 0) is 13.0 Å². The summed E-state index contributed by atoms with van der Waals surface area (Å²) in [6.45, 7) is 1.84. The molecular weight excluding hydrogens is 500 g/mol. The largest absolute Gasteiger partial charge is 0.508 e. The Morgan fingerprint density at radius 2 is 1.50 bits per heavy atom. The van der Waals surface area contributed by atoms with E-state index in [1.807, 2.05) is 68.7 Å². The molecule has 1 amide bonds. The number of rotatable bonds is 10. The minimum atomic E-state index is -0.316. The van der Waals surface area contributed by atoms with Crippen LogP contribution in [0.1, 0.15) is 38.8 Å². The molecule has 204 valence electrons. The molecule has 2 heterocycles. The Balaban J connectivity index is 1.67. The molecule has 0 aliphatic heterocycles. The summed E-state index contributed by atoms with van der Waals surface area (Å²) in [6.07, 6.45) is 2.38. The Hall–Kier alpha value is -4.62. The van der Waals surface area contributed by atoms with Gasteiger partial charge in [0.05, 0.1) is 0 Å². The smallest absolute Gasteiger partial charge is 0.268 e. The first-order valence-electron chi connectivity index (χ1n) is 13.4. The number of para-hydroxylation sites is 1. The van der Waals surface area contributed by atoms with Gasteiger partial charge >= 0.3 is 0 Å². The number of amides is 1. The molecule has 7 heteroatoms. The number of aromatic nitrogens is 2. The van der Waals surface area contributed by atoms with Crippen LogP contribution < -0.4 is 5.32 Å². The fourth-order valence-electron chi connectivity index (χ4n) is 5.19. The summed E-state index contributed by atoms with van der Waals surface area (Å²) in [5.41, 5.74) is 5.26. The quantitative estimate of drug-likeness (QED) is 0.230. The third kappa shape index (κ3) is 5.84. The maximum atomic E-state index is 14.1. The van der Waals surface area contributed by atoms with Crippen molar-refractivity contribution < 1.29 is 15.0 Å². The number of nitrogens with zero attached hydrogens (tertiary/aromatic N) is 3. The van der Waals surface area contributed by atoms with Gasteiger partial charge in [0, 0.05) is 60.3 Å². The zero-order valence-corrected chi connectivity index (χ0v) is 22.8. The molecule has 0 spiro atoms. The van der Waals surface area contributed by atoms with E-state index in [9.17, 15) is 15.0 Å². The van der Waals surface area contributed by atoms with E-state index >= 15 is 0 Å². The highest BCUT2D eigenvalue weighted by Crippen LogP contribution is 2.41. The molecule has 0 aliphatic carbocycles. The van der Waals surface area contributed by atoms with Crippen LogP contribution in [0.15, 0.2) is 97.2 Å². The van der Waals surface area contributed by atoms with Crippen molar-refractivity contribution in [1.29, 1.82) is 0 Å². The molecular formula is C33H34N4O3. The Labute approximate surface area is 234 Å². The van der Waals surface area contributed by atoms with Crippen LogP contribution in [0.5, 0.6) is 11.5 Å². The summed E-state index contributed by atoms with van der Waals surface area (Å²) >= 11 is 0. The highest BCUT2D eigenvalue weighted by atomic mass is 16.3. The summed E-state index contributed by atoms with van der Waals surface area (Å²) in [5.74, 6) is -0.116. The van der Waals surface area contributed by atoms with E-state index in [2.05, 4.69) is 31.9 Å². The van der Waals surface area contributed by atoms with Gasteiger partial charge in [-0.3, -0.25) is 9.78 Å². The van der Waals surface area contributed by atoms with E-state index in [0.717, 1.165) is 39.8 Å². The molecule has 2 aromatic heterocycles. The van der Waals surface area contributed by atoms with E-state index in [4.69, 9.17) is 0 Å². The van der Waals surface area contributed by atoms with Gasteiger partial charge in [-0.05, 0) is 67.7 Å². The number of nitrogens with one attached hydrogen (secondary N) is 1. The fraction of sp³-hybridized carbons (Fsp3) is 0.212. The standard InChI is InChI=1S/C33H34N4O3/c1-36(2)21-22-37-29-9-4-3-8-28(29)31(32(37)33(40)35-20-18-25-7-5-6-19-34-25)30(23-10-14-26(38)15-11-23)24-12-16-27(39)17-13-24/h3-17,19,30,38-39H,18,20-22H2,1-2H3,(H,35,40). The molecule has 5 rings (SSSR count). The van der Waals surface area contributed by atoms with Crippen molar-refractivity contribution >= 4 is 16.8 Å². The van der Waals surface area contributed by atoms with Gasteiger partial charge in [0.15, 0.2) is 0 Å². The highest BCUT2D eigenvalue weighted by Gasteiger charge is 2.30. The SMILES string of the molecule is CN(C)CCn1c(C(=O)NCCc2ccccn2)c(C(c2ccc(O)cc2)c2ccc(O)cc2)c2ccccc21. The number of carbonyl (C=O) groups excluding carboxylic acids is 1. The number of phenolic OH excluding ortho intramolecular Hbond substituents is 2. The normalized spacial score (nSPS) is 11.4. The summed E-state index contributed by atoms with van der Waals surface area (Å²) in [4.78, 5) is 20.6. The number of aromatic hydroxyl groups is 2. The van der Waals surface area contributed by atoms with E-state index < -0.39 is 0 Å². The third-order valence-electron chi connectivity index (χ3n) is 7.13. The van der Waals surface area contributed by atoms with Gasteiger partial charge in [0.2, 0.25) is 0 Å². The number of carbonyl (C=O) groups is 1. The number of likely N-dealkylation sites (N-methyl/N-ethyl adjacent to an activating group) is 1. The maximum Gasteiger partial charge on any atom is 0.268 e. The van der Waals surface area contributed by atoms with Gasteiger partial charge in [-0.15, -0.1) is 0 Å². The molecule has 40 heavy (non-hydrogen) atoms. The van der Waals surface area contributed by atoms with Crippen LogP contribution in [0, 0.1) is 0 Å². The molecule has 3 N–H and O–H groups in total. The molecule has 7 nitrogen and oxygen atoms in total. The molecule has 0 radical (unpaired) electrons. The number of benzene rings is 3. The molecule has 0 saturated carbocycles. The first-order valence-corrected chi connectivity index (χ1v) is 13.4. The topological polar surface area (TPSA) is 90.6 Å². The molecule has 3 aromatic carbocycles. The van der Waals surface area contributed by atoms with Gasteiger partial charge in [-0.25, -0.2) is 0 Å². The second-order valence-electron chi connectivity index (χ2n) is 10.2. The van der Waals surface area contributed by atoms with Crippen LogP contribution in [0.25, 0.3) is 10.9 Å². The van der Waals surface area contributed by atoms with Crippen molar-refractivity contribution in [3.63, 3.8) is 0 Å². The second kappa shape index (κ2) is 12.1. The highest BCUT2D eigenvalue weighted by molar-refractivity contribution is 6.03. The van der Waals surface area contributed by atoms with Crippen molar-refractivity contribution in [3.05, 3.63) is 125 Å². The predicted octanol–water partition coefficient (Wildman–Crippen LogP) is 5.16. The third-order valence-corrected chi connectivity index (χ3v) is 7.13. The molecule has 5 aromatic rings. The summed E-state index contributed by atoms with van der Waals surface area (Å²) in [7, 11) is 4.05. The number of phenols is 2. The van der Waals surface area contributed by atoms with Gasteiger partial charge in [0.25, 0.3) is 5.91 Å². The lowest BCUT2D eigenvalue weighted by molar-refractivity contribution is 0.0943. The lowest BCUT2D eigenvalue weighted by atomic mass is 9.83. The molecule has 0 fully saturated rings. The lowest BCUT2D eigenvalue weighted by Crippen LogP contribution is -2.30. The fourth-order valence-corrected chi connectivity index (χ4v) is 5.19. The lowest BCUT2D eigenvalue weighted by Gasteiger charge is -2.21. The van der Waals surface area contributed by atoms with Crippen molar-refractivity contribution in [2.75, 3.05) is 27.2 Å². The van der Waals surface area contributed by atoms with Crippen LogP contribution in [0.4, 0.5) is 0 Å². The molecule has 0 saturated heterocycles. The average molecular weight is 535 g/mol. The van der Waals surface area contributed by atoms with Crippen molar-refractivity contribution in [2.24, 2.45) is 0 Å². The number of hydrogen-bond acceptors (Lipinski definition) is 5. The van der Waals surface area contributed by atoms with Crippen LogP contribution in [-0.4, -0.2) is 57.8 Å². The van der Waals surface area contributed by atoms with Crippen LogP contribution in [0.2, 0.25) is 0 Å². The monoisotopic (exact) mass is 534 g/mol. The Bertz CT molecular complexity index is 1530. The van der Waals surface area contributed by atoms with Crippen molar-refractivity contribution in [1.82, 2.24) is 19.8 Å². The Morgan fingerprint density at radius 3 is 2.10 bits per heavy atom. The van der Waals surface area contributed by atoms with Gasteiger partial charge in [-0.2, -0.15) is 0 Å². The summed E-state index contributed by atoms with van der Waals surface area (Å²) in [6, 6.07) is 28.1. The summed E-state index contributed by atoms with van der Waals surface area (Å²) in [5, 5.41) is 24.2. The van der Waals surface area contributed by atoms with Gasteiger partial charge in [0.1, 0.15) is 17.2 Å². The van der Waals surface area contributed by atoms with Crippen LogP contribution in [0.3, 0.4) is 0 Å². The zero-order chi connectivity index (χ0) is 28.1. The molecule has 0 unspecified atom stereocenters. The Kier molecular flexibility index (Phi) is 8.12. The van der Waals surface area contributed by atoms with E-state index in [0.29, 0.717) is 25.2 Å². The maximum absolute atomic E-state index is 14.1. The van der Waals surface area contributed by atoms with Gasteiger partial charge < -0.3 is 25.0 Å². The minimum Gasteiger partial charge on any atom is -0.508 e. The Morgan fingerprint density at radius 1 is 0.875 bits per heavy atom. The van der Waals surface area contributed by atoms with Crippen molar-refractivity contribution in [2.45, 2.75) is 18.9 Å². The first-order chi connectivity index (χ1) is 19.4. The minimum absolute atomic E-state index is 0.150. The zero-order valence-electron chi connectivity index (χ0n) is 22.8. The average Bonchev–Trinajstić information content (AvgIpc) is 3.28. The second-order valence-corrected chi connectivity index (χ2v) is 10.2. The molecule has 0 atom stereocenters. The number of fused-ring (bicyclic) bond motifs is 1. The van der Waals surface area contributed by atoms with Crippen molar-refractivity contribution in [3.8, 4) is 11.5 Å². The number of hydrogen-bond donors (Lipinski definition) is 3. The van der Waals surface area contributed by atoms with E-state index in [1.54, 1.807) is 30.5 Å². The summed E-state index contributed by atoms with van der Waals surface area (Å²) < 4.78 is 2.12. The van der Waals surface area contributed by atoms with Gasteiger partial charge in [-0.1, -0.05) is 48.5 Å². The van der Waals surface area contributed by atoms with E-state index in [-0.39, 0.29) is 23.3 Å². The molecule has 0 aliphatic rings. The van der Waals surface area contributed by atoms with E-state index in [1.165, 1.54) is 0 Å². The number of pyridine rings is 1. The molecule has 0 bridgehead atoms.